The third kappa shape index (κ3) is 3.82. The lowest BCUT2D eigenvalue weighted by atomic mass is 10.1. The fourth-order valence-corrected chi connectivity index (χ4v) is 4.09. The van der Waals surface area contributed by atoms with Gasteiger partial charge in [-0.1, -0.05) is 18.2 Å². The number of nitrogens with zero attached hydrogens (tertiary/aromatic N) is 1. The Bertz CT molecular complexity index is 991. The molecule has 0 saturated carbocycles. The molecule has 4 rings (SSSR count). The third-order valence-electron chi connectivity index (χ3n) is 4.39. The topological polar surface area (TPSA) is 76.2 Å². The molecule has 2 heterocycles. The first-order valence-electron chi connectivity index (χ1n) is 8.64. The van der Waals surface area contributed by atoms with Gasteiger partial charge in [-0.25, -0.2) is 4.39 Å². The van der Waals surface area contributed by atoms with E-state index in [9.17, 15) is 9.18 Å². The second kappa shape index (κ2) is 7.93. The number of thioether (sulfide) groups is 1. The maximum Gasteiger partial charge on any atom is 0.235 e. The number of aromatic nitrogens is 2. The largest absolute Gasteiger partial charge is 0.493 e. The van der Waals surface area contributed by atoms with Crippen LogP contribution in [0.3, 0.4) is 0 Å². The fraction of sp³-hybridized carbons (Fsp3) is 0.200. The molecule has 28 heavy (non-hydrogen) atoms. The molecule has 0 bridgehead atoms. The SMILES string of the molecule is COc1ccc([C@H]2SCC(=O)Nc3[nH]ncc32)cc1OCc1ccc(F)cc1. The summed E-state index contributed by atoms with van der Waals surface area (Å²) < 4.78 is 24.4. The average Bonchev–Trinajstić information content (AvgIpc) is 3.09. The van der Waals surface area contributed by atoms with Gasteiger partial charge in [-0.05, 0) is 35.4 Å². The maximum absolute atomic E-state index is 13.1. The summed E-state index contributed by atoms with van der Waals surface area (Å²) in [6, 6.07) is 11.9. The number of rotatable bonds is 5. The summed E-state index contributed by atoms with van der Waals surface area (Å²) in [5, 5.41) is 9.64. The van der Waals surface area contributed by atoms with Crippen molar-refractivity contribution < 1.29 is 18.7 Å². The Morgan fingerprint density at radius 1 is 1.21 bits per heavy atom. The summed E-state index contributed by atoms with van der Waals surface area (Å²) in [6.45, 7) is 0.287. The van der Waals surface area contributed by atoms with E-state index in [0.29, 0.717) is 23.1 Å². The first-order chi connectivity index (χ1) is 13.6. The van der Waals surface area contributed by atoms with Crippen LogP contribution < -0.4 is 14.8 Å². The number of H-pyrrole nitrogens is 1. The van der Waals surface area contributed by atoms with E-state index in [2.05, 4.69) is 15.5 Å². The van der Waals surface area contributed by atoms with Gasteiger partial charge in [0.2, 0.25) is 5.91 Å². The Morgan fingerprint density at radius 3 is 2.82 bits per heavy atom. The minimum atomic E-state index is -0.284. The number of ether oxygens (including phenoxy) is 2. The van der Waals surface area contributed by atoms with E-state index in [1.54, 1.807) is 25.4 Å². The van der Waals surface area contributed by atoms with Crippen LogP contribution in [0, 0.1) is 5.82 Å². The van der Waals surface area contributed by atoms with Crippen LogP contribution in [0.1, 0.15) is 21.9 Å². The molecule has 144 valence electrons. The average molecular weight is 399 g/mol. The maximum atomic E-state index is 13.1. The summed E-state index contributed by atoms with van der Waals surface area (Å²) in [4.78, 5) is 11.9. The number of benzene rings is 2. The fourth-order valence-electron chi connectivity index (χ4n) is 3.01. The van der Waals surface area contributed by atoms with Gasteiger partial charge in [-0.15, -0.1) is 11.8 Å². The summed E-state index contributed by atoms with van der Waals surface area (Å²) in [5.41, 5.74) is 2.73. The third-order valence-corrected chi connectivity index (χ3v) is 5.68. The number of nitrogens with one attached hydrogen (secondary N) is 2. The Balaban J connectivity index is 1.61. The molecule has 8 heteroatoms. The summed E-state index contributed by atoms with van der Waals surface area (Å²) >= 11 is 1.52. The van der Waals surface area contributed by atoms with Crippen LogP contribution in [0.2, 0.25) is 0 Å². The van der Waals surface area contributed by atoms with Crippen molar-refractivity contribution in [3.05, 3.63) is 71.2 Å². The van der Waals surface area contributed by atoms with Gasteiger partial charge in [0.05, 0.1) is 24.3 Å². The van der Waals surface area contributed by atoms with Crippen molar-refractivity contribution in [1.82, 2.24) is 10.2 Å². The van der Waals surface area contributed by atoms with Gasteiger partial charge < -0.3 is 14.8 Å². The van der Waals surface area contributed by atoms with Crippen LogP contribution in [0.4, 0.5) is 10.2 Å². The van der Waals surface area contributed by atoms with E-state index in [1.165, 1.54) is 23.9 Å². The van der Waals surface area contributed by atoms with Gasteiger partial charge in [0.1, 0.15) is 18.2 Å². The minimum Gasteiger partial charge on any atom is -0.493 e. The molecule has 1 amide bonds. The van der Waals surface area contributed by atoms with Crippen LogP contribution in [-0.4, -0.2) is 29.0 Å². The van der Waals surface area contributed by atoms with Crippen LogP contribution >= 0.6 is 11.8 Å². The molecule has 0 radical (unpaired) electrons. The number of anilines is 1. The van der Waals surface area contributed by atoms with Crippen molar-refractivity contribution in [3.63, 3.8) is 0 Å². The zero-order chi connectivity index (χ0) is 19.5. The van der Waals surface area contributed by atoms with Crippen molar-refractivity contribution >= 4 is 23.5 Å². The quantitative estimate of drug-likeness (QED) is 0.680. The Morgan fingerprint density at radius 2 is 2.04 bits per heavy atom. The molecular formula is C20H18FN3O3S. The van der Waals surface area contributed by atoms with Gasteiger partial charge >= 0.3 is 0 Å². The summed E-state index contributed by atoms with van der Waals surface area (Å²) in [5.74, 6) is 1.78. The van der Waals surface area contributed by atoms with Gasteiger partial charge in [0, 0.05) is 5.56 Å². The molecule has 0 fully saturated rings. The Labute approximate surface area is 165 Å². The van der Waals surface area contributed by atoms with Gasteiger partial charge in [-0.2, -0.15) is 5.10 Å². The van der Waals surface area contributed by atoms with E-state index in [-0.39, 0.29) is 23.6 Å². The van der Waals surface area contributed by atoms with Crippen molar-refractivity contribution in [3.8, 4) is 11.5 Å². The van der Waals surface area contributed by atoms with Crippen molar-refractivity contribution in [2.24, 2.45) is 0 Å². The lowest BCUT2D eigenvalue weighted by molar-refractivity contribution is -0.113. The van der Waals surface area contributed by atoms with Crippen molar-refractivity contribution in [2.45, 2.75) is 11.9 Å². The summed E-state index contributed by atoms with van der Waals surface area (Å²) in [7, 11) is 1.58. The molecule has 1 aliphatic rings. The van der Waals surface area contributed by atoms with Crippen molar-refractivity contribution in [2.75, 3.05) is 18.2 Å². The molecule has 0 spiro atoms. The second-order valence-electron chi connectivity index (χ2n) is 6.27. The van der Waals surface area contributed by atoms with Crippen LogP contribution in [0.15, 0.2) is 48.7 Å². The zero-order valence-electron chi connectivity index (χ0n) is 15.1. The van der Waals surface area contributed by atoms with E-state index >= 15 is 0 Å². The number of carbonyl (C=O) groups excluding carboxylic acids is 1. The molecule has 1 aliphatic heterocycles. The molecule has 6 nitrogen and oxygen atoms in total. The summed E-state index contributed by atoms with van der Waals surface area (Å²) in [6.07, 6.45) is 1.72. The van der Waals surface area contributed by atoms with Gasteiger partial charge in [0.15, 0.2) is 11.5 Å². The smallest absolute Gasteiger partial charge is 0.235 e. The first kappa shape index (κ1) is 18.4. The lowest BCUT2D eigenvalue weighted by Crippen LogP contribution is -2.12. The standard InChI is InChI=1S/C20H18FN3O3S/c1-26-16-7-4-13(8-17(16)27-10-12-2-5-14(21)6-3-12)19-15-9-22-24-20(15)23-18(25)11-28-19/h2-9,19H,10-11H2,1H3,(H2,22,23,24,25)/t19-/m1/s1. The second-order valence-corrected chi connectivity index (χ2v) is 7.36. The van der Waals surface area contributed by atoms with E-state index < -0.39 is 0 Å². The highest BCUT2D eigenvalue weighted by molar-refractivity contribution is 8.00. The number of fused-ring (bicyclic) bond motifs is 1. The molecule has 2 aromatic carbocycles. The molecule has 0 aliphatic carbocycles. The van der Waals surface area contributed by atoms with Crippen LogP contribution in [-0.2, 0) is 11.4 Å². The zero-order valence-corrected chi connectivity index (χ0v) is 15.9. The van der Waals surface area contributed by atoms with Gasteiger partial charge in [0.25, 0.3) is 0 Å². The van der Waals surface area contributed by atoms with Crippen LogP contribution in [0.25, 0.3) is 0 Å². The van der Waals surface area contributed by atoms with E-state index in [1.807, 2.05) is 18.2 Å². The predicted octanol–water partition coefficient (Wildman–Crippen LogP) is 3.91. The molecule has 0 unspecified atom stereocenters. The number of hydrogen-bond donors (Lipinski definition) is 2. The molecule has 3 aromatic rings. The monoisotopic (exact) mass is 399 g/mol. The molecule has 2 N–H and O–H groups in total. The van der Waals surface area contributed by atoms with E-state index in [4.69, 9.17) is 9.47 Å². The highest BCUT2D eigenvalue weighted by atomic mass is 32.2. The Hall–Kier alpha value is -3.00. The van der Waals surface area contributed by atoms with E-state index in [0.717, 1.165) is 16.7 Å². The molecule has 1 atom stereocenters. The number of halogens is 1. The molecule has 1 aromatic heterocycles. The van der Waals surface area contributed by atoms with Crippen molar-refractivity contribution in [1.29, 1.82) is 0 Å². The Kier molecular flexibility index (Phi) is 5.21. The minimum absolute atomic E-state index is 0.0701. The normalized spacial score (nSPS) is 16.1. The first-order valence-corrected chi connectivity index (χ1v) is 9.69. The highest BCUT2D eigenvalue weighted by Crippen LogP contribution is 2.43. The highest BCUT2D eigenvalue weighted by Gasteiger charge is 2.26. The van der Waals surface area contributed by atoms with Crippen LogP contribution in [0.5, 0.6) is 11.5 Å². The lowest BCUT2D eigenvalue weighted by Gasteiger charge is -2.17. The number of carbonyl (C=O) groups is 1. The number of aromatic amines is 1. The van der Waals surface area contributed by atoms with Gasteiger partial charge in [-0.3, -0.25) is 9.89 Å². The number of methoxy groups -OCH3 is 1. The molecular weight excluding hydrogens is 381 g/mol. The number of hydrogen-bond acceptors (Lipinski definition) is 5. The molecule has 0 saturated heterocycles. The predicted molar refractivity (Wildman–Crippen MR) is 105 cm³/mol. The number of amides is 1.